The van der Waals surface area contributed by atoms with E-state index in [-0.39, 0.29) is 6.03 Å². The van der Waals surface area contributed by atoms with E-state index in [1.54, 1.807) is 12.5 Å². The van der Waals surface area contributed by atoms with Crippen molar-refractivity contribution in [3.63, 3.8) is 0 Å². The van der Waals surface area contributed by atoms with Crippen LogP contribution in [-0.2, 0) is 4.74 Å². The summed E-state index contributed by atoms with van der Waals surface area (Å²) in [4.78, 5) is 17.2. The number of rotatable bonds is 8. The van der Waals surface area contributed by atoms with Crippen molar-refractivity contribution in [3.8, 4) is 0 Å². The van der Waals surface area contributed by atoms with Crippen molar-refractivity contribution < 1.29 is 9.53 Å². The fourth-order valence-electron chi connectivity index (χ4n) is 2.18. The zero-order valence-electron chi connectivity index (χ0n) is 15.0. The van der Waals surface area contributed by atoms with Gasteiger partial charge in [-0.15, -0.1) is 10.2 Å². The van der Waals surface area contributed by atoms with Gasteiger partial charge in [-0.05, 0) is 24.6 Å². The van der Waals surface area contributed by atoms with Crippen LogP contribution in [0.4, 0.5) is 9.93 Å². The Kier molecular flexibility index (Phi) is 7.46. The first kappa shape index (κ1) is 20.4. The highest BCUT2D eigenvalue weighted by Crippen LogP contribution is 2.36. The van der Waals surface area contributed by atoms with Gasteiger partial charge in [0, 0.05) is 21.5 Å². The number of ether oxygens (including phenoxy) is 1. The summed E-state index contributed by atoms with van der Waals surface area (Å²) in [5.41, 5.74) is 0.816. The first-order valence-corrected chi connectivity index (χ1v) is 10.5. The van der Waals surface area contributed by atoms with Gasteiger partial charge in [0.25, 0.3) is 0 Å². The predicted molar refractivity (Wildman–Crippen MR) is 113 cm³/mol. The number of fused-ring (bicyclic) bond motifs is 1. The smallest absolute Gasteiger partial charge is 0.321 e. The molecule has 0 aliphatic rings. The van der Waals surface area contributed by atoms with Crippen molar-refractivity contribution in [1.82, 2.24) is 20.5 Å². The van der Waals surface area contributed by atoms with E-state index in [0.29, 0.717) is 27.6 Å². The Morgan fingerprint density at radius 1 is 1.36 bits per heavy atom. The summed E-state index contributed by atoms with van der Waals surface area (Å²) in [6.07, 6.45) is 6.17. The van der Waals surface area contributed by atoms with Gasteiger partial charge >= 0.3 is 6.03 Å². The summed E-state index contributed by atoms with van der Waals surface area (Å²) in [5.74, 6) is 0. The number of hydrogen-bond donors (Lipinski definition) is 2. The van der Waals surface area contributed by atoms with Crippen molar-refractivity contribution in [3.05, 3.63) is 47.8 Å². The monoisotopic (exact) mass is 435 g/mol. The van der Waals surface area contributed by atoms with Gasteiger partial charge in [-0.1, -0.05) is 53.8 Å². The number of aromatic nitrogens is 3. The van der Waals surface area contributed by atoms with Crippen LogP contribution in [0.2, 0.25) is 5.02 Å². The molecule has 146 valence electrons. The Morgan fingerprint density at radius 2 is 2.25 bits per heavy atom. The molecule has 0 atom stereocenters. The Hall–Kier alpha value is -2.36. The molecule has 0 unspecified atom stereocenters. The number of nitrogens with zero attached hydrogens (tertiary/aromatic N) is 3. The van der Waals surface area contributed by atoms with Gasteiger partial charge in [-0.3, -0.25) is 10.3 Å². The van der Waals surface area contributed by atoms with Gasteiger partial charge in [0.2, 0.25) is 5.13 Å². The first-order valence-electron chi connectivity index (χ1n) is 8.53. The van der Waals surface area contributed by atoms with Crippen LogP contribution in [0.1, 0.15) is 13.3 Å². The quantitative estimate of drug-likeness (QED) is 0.295. The molecule has 0 aliphatic heterocycles. The molecule has 0 fully saturated rings. The normalized spacial score (nSPS) is 11.1. The topological polar surface area (TPSA) is 89.0 Å². The molecule has 0 bridgehead atoms. The third-order valence-electron chi connectivity index (χ3n) is 3.42. The number of urea groups is 1. The van der Waals surface area contributed by atoms with Crippen LogP contribution in [0.15, 0.2) is 52.0 Å². The number of nitrogens with one attached hydrogen (secondary N) is 2. The van der Waals surface area contributed by atoms with Crippen LogP contribution in [0, 0.1) is 0 Å². The molecular weight excluding hydrogens is 418 g/mol. The van der Waals surface area contributed by atoms with E-state index >= 15 is 0 Å². The van der Waals surface area contributed by atoms with Gasteiger partial charge in [0.05, 0.1) is 18.3 Å². The molecule has 0 aliphatic carbocycles. The molecular formula is C18H18ClN5O2S2. The summed E-state index contributed by atoms with van der Waals surface area (Å²) >= 11 is 8.79. The highest BCUT2D eigenvalue weighted by molar-refractivity contribution is 8.01. The Morgan fingerprint density at radius 3 is 3.11 bits per heavy atom. The van der Waals surface area contributed by atoms with Gasteiger partial charge in [-0.25, -0.2) is 4.79 Å². The SMILES string of the molecule is CC/C=C\OCCNC(=O)Nc1nnc(Sc2ccnc3cc(Cl)ccc23)s1. The minimum atomic E-state index is -0.347. The van der Waals surface area contributed by atoms with Crippen molar-refractivity contribution in [2.45, 2.75) is 22.6 Å². The number of carbonyl (C=O) groups excluding carboxylic acids is 1. The molecule has 1 aromatic carbocycles. The Bertz CT molecular complexity index is 980. The number of carbonyl (C=O) groups is 1. The molecule has 0 saturated heterocycles. The van der Waals surface area contributed by atoms with E-state index in [2.05, 4.69) is 25.8 Å². The number of hydrogen-bond acceptors (Lipinski definition) is 7. The van der Waals surface area contributed by atoms with E-state index in [1.807, 2.05) is 37.3 Å². The largest absolute Gasteiger partial charge is 0.500 e. The maximum Gasteiger partial charge on any atom is 0.321 e. The zero-order chi connectivity index (χ0) is 19.8. The summed E-state index contributed by atoms with van der Waals surface area (Å²) in [5, 5.41) is 15.6. The summed E-state index contributed by atoms with van der Waals surface area (Å²) in [6, 6.07) is 7.14. The third kappa shape index (κ3) is 5.82. The number of allylic oxidation sites excluding steroid dienone is 1. The van der Waals surface area contributed by atoms with Crippen molar-refractivity contribution >= 4 is 56.8 Å². The third-order valence-corrected chi connectivity index (χ3v) is 5.62. The second kappa shape index (κ2) is 10.3. The average Bonchev–Trinajstić information content (AvgIpc) is 3.11. The van der Waals surface area contributed by atoms with Crippen molar-refractivity contribution in [2.75, 3.05) is 18.5 Å². The predicted octanol–water partition coefficient (Wildman–Crippen LogP) is 4.95. The van der Waals surface area contributed by atoms with Crippen LogP contribution in [-0.4, -0.2) is 34.4 Å². The van der Waals surface area contributed by atoms with Crippen molar-refractivity contribution in [2.24, 2.45) is 0 Å². The van der Waals surface area contributed by atoms with E-state index < -0.39 is 0 Å². The molecule has 0 radical (unpaired) electrons. The van der Waals surface area contributed by atoms with Crippen LogP contribution in [0.3, 0.4) is 0 Å². The molecule has 3 rings (SSSR count). The first-order chi connectivity index (χ1) is 13.7. The molecule has 2 N–H and O–H groups in total. The number of amides is 2. The number of benzene rings is 1. The minimum absolute atomic E-state index is 0.347. The number of anilines is 1. The van der Waals surface area contributed by atoms with Gasteiger partial charge in [-0.2, -0.15) is 0 Å². The summed E-state index contributed by atoms with van der Waals surface area (Å²) < 4.78 is 5.94. The molecule has 7 nitrogen and oxygen atoms in total. The Balaban J connectivity index is 1.55. The Labute approximate surface area is 175 Å². The molecule has 0 spiro atoms. The van der Waals surface area contributed by atoms with Crippen LogP contribution < -0.4 is 10.6 Å². The van der Waals surface area contributed by atoms with Crippen LogP contribution >= 0.6 is 34.7 Å². The maximum atomic E-state index is 11.9. The molecule has 0 saturated carbocycles. The highest BCUT2D eigenvalue weighted by Gasteiger charge is 2.11. The van der Waals surface area contributed by atoms with E-state index in [9.17, 15) is 4.79 Å². The fraction of sp³-hybridized carbons (Fsp3) is 0.222. The lowest BCUT2D eigenvalue weighted by Crippen LogP contribution is -2.31. The molecule has 2 heterocycles. The highest BCUT2D eigenvalue weighted by atomic mass is 35.5. The standard InChI is InChI=1S/C18H18ClN5O2S2/c1-2-3-9-26-10-8-21-16(25)22-17-23-24-18(28-17)27-15-6-7-20-14-11-12(19)4-5-13(14)15/h3-7,9,11H,2,8,10H2,1H3,(H2,21,22,23,25)/b9-3-. The van der Waals surface area contributed by atoms with Gasteiger partial charge < -0.3 is 10.1 Å². The van der Waals surface area contributed by atoms with E-state index in [4.69, 9.17) is 16.3 Å². The number of halogens is 1. The van der Waals surface area contributed by atoms with Crippen molar-refractivity contribution in [1.29, 1.82) is 0 Å². The molecule has 28 heavy (non-hydrogen) atoms. The number of pyridine rings is 1. The van der Waals surface area contributed by atoms with Gasteiger partial charge in [0.15, 0.2) is 4.34 Å². The van der Waals surface area contributed by atoms with E-state index in [1.165, 1.54) is 23.1 Å². The molecule has 2 amide bonds. The average molecular weight is 436 g/mol. The second-order valence-electron chi connectivity index (χ2n) is 5.48. The minimum Gasteiger partial charge on any atom is -0.500 e. The summed E-state index contributed by atoms with van der Waals surface area (Å²) in [6.45, 7) is 2.82. The lowest BCUT2D eigenvalue weighted by Gasteiger charge is -2.04. The maximum absolute atomic E-state index is 11.9. The van der Waals surface area contributed by atoms with E-state index in [0.717, 1.165) is 22.2 Å². The van der Waals surface area contributed by atoms with Gasteiger partial charge in [0.1, 0.15) is 6.61 Å². The van der Waals surface area contributed by atoms with Crippen LogP contribution in [0.25, 0.3) is 10.9 Å². The lowest BCUT2D eigenvalue weighted by atomic mass is 10.2. The lowest BCUT2D eigenvalue weighted by molar-refractivity contribution is 0.233. The molecule has 10 heteroatoms. The molecule has 2 aromatic heterocycles. The fourth-order valence-corrected chi connectivity index (χ4v) is 4.17. The zero-order valence-corrected chi connectivity index (χ0v) is 17.4. The second-order valence-corrected chi connectivity index (χ2v) is 8.18. The summed E-state index contributed by atoms with van der Waals surface area (Å²) in [7, 11) is 0. The molecule has 3 aromatic rings. The van der Waals surface area contributed by atoms with Crippen LogP contribution in [0.5, 0.6) is 0 Å².